The molecule has 1 aromatic heterocycles. The summed E-state index contributed by atoms with van der Waals surface area (Å²) in [4.78, 5) is 22.0. The number of rotatable bonds is 4. The Morgan fingerprint density at radius 2 is 1.44 bits per heavy atom. The normalized spacial score (nSPS) is 10.7. The Morgan fingerprint density at radius 3 is 2.15 bits per heavy atom. The van der Waals surface area contributed by atoms with Crippen molar-refractivity contribution in [1.82, 2.24) is 15.3 Å². The molecule has 0 saturated heterocycles. The Morgan fingerprint density at radius 1 is 0.815 bits per heavy atom. The maximum Gasteiger partial charge on any atom is 0.272 e. The van der Waals surface area contributed by atoms with Gasteiger partial charge < -0.3 is 5.32 Å². The van der Waals surface area contributed by atoms with E-state index in [1.54, 1.807) is 12.1 Å². The van der Waals surface area contributed by atoms with Crippen LogP contribution in [0.2, 0.25) is 0 Å². The van der Waals surface area contributed by atoms with Crippen molar-refractivity contribution in [2.24, 2.45) is 0 Å². The van der Waals surface area contributed by atoms with Gasteiger partial charge in [0.05, 0.1) is 11.0 Å². The van der Waals surface area contributed by atoms with Gasteiger partial charge in [0.2, 0.25) is 0 Å². The lowest BCUT2D eigenvalue weighted by Gasteiger charge is -2.11. The number of para-hydroxylation sites is 2. The number of hydrogen-bond acceptors (Lipinski definition) is 3. The fraction of sp³-hybridized carbons (Fsp3) is 0.0455. The second-order valence-electron chi connectivity index (χ2n) is 6.08. The van der Waals surface area contributed by atoms with E-state index in [2.05, 4.69) is 15.3 Å². The molecular formula is C22H16FN3O. The maximum absolute atomic E-state index is 13.3. The monoisotopic (exact) mass is 357 g/mol. The third kappa shape index (κ3) is 3.67. The molecular weight excluding hydrogens is 341 g/mol. The summed E-state index contributed by atoms with van der Waals surface area (Å²) >= 11 is 0. The van der Waals surface area contributed by atoms with E-state index in [4.69, 9.17) is 0 Å². The van der Waals surface area contributed by atoms with Gasteiger partial charge in [-0.1, -0.05) is 42.5 Å². The van der Waals surface area contributed by atoms with Gasteiger partial charge in [-0.05, 0) is 42.0 Å². The number of amides is 1. The van der Waals surface area contributed by atoms with Crippen molar-refractivity contribution in [2.45, 2.75) is 6.54 Å². The Bertz CT molecular complexity index is 1100. The van der Waals surface area contributed by atoms with Gasteiger partial charge in [0.1, 0.15) is 11.5 Å². The standard InChI is InChI=1S/C22H16FN3O/c23-17-12-10-16(11-13-17)20-21(26-19-9-5-4-8-18(19)25-20)22(27)24-14-15-6-2-1-3-7-15/h1-13H,14H2,(H,24,27). The van der Waals surface area contributed by atoms with Gasteiger partial charge in [-0.2, -0.15) is 0 Å². The SMILES string of the molecule is O=C(NCc1ccccc1)c1nc2ccccc2nc1-c1ccc(F)cc1. The Labute approximate surface area is 155 Å². The summed E-state index contributed by atoms with van der Waals surface area (Å²) in [7, 11) is 0. The second kappa shape index (κ2) is 7.33. The first-order chi connectivity index (χ1) is 13.2. The first-order valence-corrected chi connectivity index (χ1v) is 8.55. The summed E-state index contributed by atoms with van der Waals surface area (Å²) in [6.07, 6.45) is 0. The topological polar surface area (TPSA) is 54.9 Å². The van der Waals surface area contributed by atoms with E-state index >= 15 is 0 Å². The van der Waals surface area contributed by atoms with Crippen molar-refractivity contribution in [1.29, 1.82) is 0 Å². The summed E-state index contributed by atoms with van der Waals surface area (Å²) in [5, 5.41) is 2.89. The minimum absolute atomic E-state index is 0.219. The molecule has 0 saturated carbocycles. The van der Waals surface area contributed by atoms with Gasteiger partial charge in [0.15, 0.2) is 5.69 Å². The fourth-order valence-corrected chi connectivity index (χ4v) is 2.83. The van der Waals surface area contributed by atoms with Gasteiger partial charge in [-0.3, -0.25) is 4.79 Å². The molecule has 27 heavy (non-hydrogen) atoms. The number of carbonyl (C=O) groups excluding carboxylic acids is 1. The van der Waals surface area contributed by atoms with Crippen LogP contribution in [0.4, 0.5) is 4.39 Å². The van der Waals surface area contributed by atoms with Crippen LogP contribution in [0.15, 0.2) is 78.9 Å². The number of halogens is 1. The molecule has 0 radical (unpaired) electrons. The summed E-state index contributed by atoms with van der Waals surface area (Å²) in [5.74, 6) is -0.668. The van der Waals surface area contributed by atoms with E-state index in [1.165, 1.54) is 12.1 Å². The Hall–Kier alpha value is -3.60. The van der Waals surface area contributed by atoms with Gasteiger partial charge in [0.25, 0.3) is 5.91 Å². The lowest BCUT2D eigenvalue weighted by molar-refractivity contribution is 0.0946. The second-order valence-corrected chi connectivity index (χ2v) is 6.08. The molecule has 1 heterocycles. The summed E-state index contributed by atoms with van der Waals surface area (Å²) in [6.45, 7) is 0.386. The molecule has 4 nitrogen and oxygen atoms in total. The molecule has 0 spiro atoms. The number of nitrogens with zero attached hydrogens (tertiary/aromatic N) is 2. The molecule has 0 aliphatic rings. The molecule has 5 heteroatoms. The van der Waals surface area contributed by atoms with Gasteiger partial charge in [0, 0.05) is 12.1 Å². The number of hydrogen-bond donors (Lipinski definition) is 1. The molecule has 0 bridgehead atoms. The van der Waals surface area contributed by atoms with E-state index in [1.807, 2.05) is 54.6 Å². The highest BCUT2D eigenvalue weighted by molar-refractivity contribution is 6.00. The molecule has 3 aromatic carbocycles. The highest BCUT2D eigenvalue weighted by atomic mass is 19.1. The zero-order chi connectivity index (χ0) is 18.6. The number of carbonyl (C=O) groups is 1. The quantitative estimate of drug-likeness (QED) is 0.590. The van der Waals surface area contributed by atoms with Crippen LogP contribution in [0.1, 0.15) is 16.1 Å². The van der Waals surface area contributed by atoms with Crippen LogP contribution in [-0.2, 0) is 6.54 Å². The lowest BCUT2D eigenvalue weighted by atomic mass is 10.1. The minimum Gasteiger partial charge on any atom is -0.347 e. The molecule has 1 amide bonds. The highest BCUT2D eigenvalue weighted by Crippen LogP contribution is 2.24. The zero-order valence-electron chi connectivity index (χ0n) is 14.4. The highest BCUT2D eigenvalue weighted by Gasteiger charge is 2.18. The minimum atomic E-state index is -0.345. The molecule has 0 atom stereocenters. The predicted molar refractivity (Wildman–Crippen MR) is 103 cm³/mol. The van der Waals surface area contributed by atoms with E-state index in [0.717, 1.165) is 5.56 Å². The van der Waals surface area contributed by atoms with E-state index in [-0.39, 0.29) is 17.4 Å². The van der Waals surface area contributed by atoms with Crippen molar-refractivity contribution in [3.05, 3.63) is 95.9 Å². The number of fused-ring (bicyclic) bond motifs is 1. The molecule has 1 N–H and O–H groups in total. The van der Waals surface area contributed by atoms with Crippen molar-refractivity contribution < 1.29 is 9.18 Å². The molecule has 0 fully saturated rings. The summed E-state index contributed by atoms with van der Waals surface area (Å²) in [6, 6.07) is 22.9. The van der Waals surface area contributed by atoms with Crippen LogP contribution in [0.3, 0.4) is 0 Å². The Kier molecular flexibility index (Phi) is 4.58. The fourth-order valence-electron chi connectivity index (χ4n) is 2.83. The smallest absolute Gasteiger partial charge is 0.272 e. The first-order valence-electron chi connectivity index (χ1n) is 8.55. The van der Waals surface area contributed by atoms with Crippen LogP contribution in [0.25, 0.3) is 22.3 Å². The zero-order valence-corrected chi connectivity index (χ0v) is 14.4. The summed E-state index contributed by atoms with van der Waals surface area (Å²) < 4.78 is 13.3. The van der Waals surface area contributed by atoms with Crippen LogP contribution in [0, 0.1) is 5.82 Å². The van der Waals surface area contributed by atoms with Crippen LogP contribution in [0.5, 0.6) is 0 Å². The van der Waals surface area contributed by atoms with Crippen LogP contribution >= 0.6 is 0 Å². The van der Waals surface area contributed by atoms with E-state index in [9.17, 15) is 9.18 Å². The molecule has 0 aliphatic heterocycles. The van der Waals surface area contributed by atoms with E-state index in [0.29, 0.717) is 28.8 Å². The molecule has 132 valence electrons. The van der Waals surface area contributed by atoms with Crippen molar-refractivity contribution in [2.75, 3.05) is 0 Å². The van der Waals surface area contributed by atoms with Gasteiger partial charge in [-0.25, -0.2) is 14.4 Å². The van der Waals surface area contributed by atoms with Crippen LogP contribution < -0.4 is 5.32 Å². The average molecular weight is 357 g/mol. The average Bonchev–Trinajstić information content (AvgIpc) is 2.72. The largest absolute Gasteiger partial charge is 0.347 e. The van der Waals surface area contributed by atoms with Gasteiger partial charge >= 0.3 is 0 Å². The molecule has 0 unspecified atom stereocenters. The van der Waals surface area contributed by atoms with Gasteiger partial charge in [-0.15, -0.1) is 0 Å². The predicted octanol–water partition coefficient (Wildman–Crippen LogP) is 4.37. The summed E-state index contributed by atoms with van der Waals surface area (Å²) in [5.41, 5.74) is 3.59. The Balaban J connectivity index is 1.74. The third-order valence-electron chi connectivity index (χ3n) is 4.20. The molecule has 4 rings (SSSR count). The van der Waals surface area contributed by atoms with E-state index < -0.39 is 0 Å². The van der Waals surface area contributed by atoms with Crippen molar-refractivity contribution >= 4 is 16.9 Å². The third-order valence-corrected chi connectivity index (χ3v) is 4.20. The maximum atomic E-state index is 13.3. The first kappa shape index (κ1) is 16.8. The molecule has 4 aromatic rings. The number of benzene rings is 3. The van der Waals surface area contributed by atoms with Crippen molar-refractivity contribution in [3.8, 4) is 11.3 Å². The number of aromatic nitrogens is 2. The molecule has 0 aliphatic carbocycles. The van der Waals surface area contributed by atoms with Crippen molar-refractivity contribution in [3.63, 3.8) is 0 Å². The lowest BCUT2D eigenvalue weighted by Crippen LogP contribution is -2.25. The van der Waals surface area contributed by atoms with Crippen LogP contribution in [-0.4, -0.2) is 15.9 Å². The number of nitrogens with one attached hydrogen (secondary N) is 1.